The number of anilines is 1. The molecule has 1 fully saturated rings. The van der Waals surface area contributed by atoms with E-state index in [1.807, 2.05) is 32.0 Å². The molecule has 1 aliphatic rings. The Labute approximate surface area is 158 Å². The standard InChI is InChI=1S/C19H25N3O5/c1-5-19(6-2)17(25)22(18(26)21-19)10-15(24)27-11-14(23)20-16-12(3)8-7-9-13(16)4/h7-9H,5-6,10-11H2,1-4H3,(H,20,23)(H,21,26). The summed E-state index contributed by atoms with van der Waals surface area (Å²) in [5, 5.41) is 5.33. The fraction of sp³-hybridized carbons (Fsp3) is 0.474. The van der Waals surface area contributed by atoms with Gasteiger partial charge in [0.15, 0.2) is 6.61 Å². The molecule has 1 aromatic rings. The first-order valence-corrected chi connectivity index (χ1v) is 8.90. The van der Waals surface area contributed by atoms with Crippen LogP contribution in [-0.4, -0.2) is 47.4 Å². The molecule has 1 aliphatic heterocycles. The zero-order chi connectivity index (χ0) is 20.2. The van der Waals surface area contributed by atoms with Crippen molar-refractivity contribution in [2.45, 2.75) is 46.1 Å². The van der Waals surface area contributed by atoms with Gasteiger partial charge in [-0.25, -0.2) is 4.79 Å². The van der Waals surface area contributed by atoms with Crippen molar-refractivity contribution in [3.8, 4) is 0 Å². The minimum absolute atomic E-state index is 0.428. The van der Waals surface area contributed by atoms with Gasteiger partial charge in [0, 0.05) is 5.69 Å². The maximum absolute atomic E-state index is 12.4. The Morgan fingerprint density at radius 1 is 1.15 bits per heavy atom. The Hall–Kier alpha value is -2.90. The van der Waals surface area contributed by atoms with Crippen LogP contribution in [0.3, 0.4) is 0 Å². The van der Waals surface area contributed by atoms with Crippen LogP contribution in [0.4, 0.5) is 10.5 Å². The van der Waals surface area contributed by atoms with Crippen LogP contribution in [0.2, 0.25) is 0 Å². The third-order valence-electron chi connectivity index (χ3n) is 4.85. The molecule has 0 atom stereocenters. The van der Waals surface area contributed by atoms with Gasteiger partial charge in [0.25, 0.3) is 11.8 Å². The zero-order valence-corrected chi connectivity index (χ0v) is 16.0. The van der Waals surface area contributed by atoms with Crippen LogP contribution in [0.15, 0.2) is 18.2 Å². The van der Waals surface area contributed by atoms with E-state index in [0.29, 0.717) is 18.5 Å². The van der Waals surface area contributed by atoms with Crippen LogP contribution >= 0.6 is 0 Å². The maximum Gasteiger partial charge on any atom is 0.326 e. The highest BCUT2D eigenvalue weighted by molar-refractivity contribution is 6.08. The Morgan fingerprint density at radius 3 is 2.26 bits per heavy atom. The first-order chi connectivity index (χ1) is 12.7. The number of nitrogens with one attached hydrogen (secondary N) is 2. The Kier molecular flexibility index (Phi) is 6.20. The first-order valence-electron chi connectivity index (χ1n) is 8.90. The second-order valence-corrected chi connectivity index (χ2v) is 6.59. The van der Waals surface area contributed by atoms with E-state index in [9.17, 15) is 19.2 Å². The molecule has 146 valence electrons. The number of imide groups is 1. The summed E-state index contributed by atoms with van der Waals surface area (Å²) in [6.07, 6.45) is 0.857. The minimum Gasteiger partial charge on any atom is -0.454 e. The molecule has 0 aliphatic carbocycles. The highest BCUT2D eigenvalue weighted by Crippen LogP contribution is 2.24. The van der Waals surface area contributed by atoms with Crippen LogP contribution in [0, 0.1) is 13.8 Å². The maximum atomic E-state index is 12.4. The number of carbonyl (C=O) groups is 4. The largest absolute Gasteiger partial charge is 0.454 e. The number of hydrogen-bond acceptors (Lipinski definition) is 5. The van der Waals surface area contributed by atoms with E-state index in [1.165, 1.54) is 0 Å². The molecule has 2 rings (SSSR count). The number of hydrogen-bond donors (Lipinski definition) is 2. The summed E-state index contributed by atoms with van der Waals surface area (Å²) in [5.74, 6) is -1.76. The van der Waals surface area contributed by atoms with Gasteiger partial charge in [-0.15, -0.1) is 0 Å². The number of rotatable bonds is 7. The van der Waals surface area contributed by atoms with Gasteiger partial charge < -0.3 is 15.4 Å². The van der Waals surface area contributed by atoms with Gasteiger partial charge >= 0.3 is 12.0 Å². The number of aryl methyl sites for hydroxylation is 2. The Balaban J connectivity index is 1.90. The number of esters is 1. The lowest BCUT2D eigenvalue weighted by Gasteiger charge is -2.22. The number of urea groups is 1. The van der Waals surface area contributed by atoms with Crippen molar-refractivity contribution in [2.24, 2.45) is 0 Å². The summed E-state index contributed by atoms with van der Waals surface area (Å²) in [6, 6.07) is 4.98. The van der Waals surface area contributed by atoms with E-state index in [0.717, 1.165) is 16.0 Å². The SMILES string of the molecule is CCC1(CC)NC(=O)N(CC(=O)OCC(=O)Nc2c(C)cccc2C)C1=O. The fourth-order valence-corrected chi connectivity index (χ4v) is 3.06. The summed E-state index contributed by atoms with van der Waals surface area (Å²) in [5.41, 5.74) is 1.48. The van der Waals surface area contributed by atoms with Crippen molar-refractivity contribution in [1.29, 1.82) is 0 Å². The van der Waals surface area contributed by atoms with Crippen LogP contribution in [0.1, 0.15) is 37.8 Å². The predicted molar refractivity (Wildman–Crippen MR) is 99.1 cm³/mol. The quantitative estimate of drug-likeness (QED) is 0.559. The molecule has 0 unspecified atom stereocenters. The lowest BCUT2D eigenvalue weighted by Crippen LogP contribution is -2.46. The molecule has 0 bridgehead atoms. The number of carbonyl (C=O) groups excluding carboxylic acids is 4. The molecule has 8 nitrogen and oxygen atoms in total. The van der Waals surface area contributed by atoms with Crippen molar-refractivity contribution >= 4 is 29.5 Å². The molecule has 1 heterocycles. The van der Waals surface area contributed by atoms with Gasteiger partial charge in [0.05, 0.1) is 0 Å². The molecule has 0 spiro atoms. The topological polar surface area (TPSA) is 105 Å². The van der Waals surface area contributed by atoms with Crippen molar-refractivity contribution in [1.82, 2.24) is 10.2 Å². The number of ether oxygens (including phenoxy) is 1. The third-order valence-corrected chi connectivity index (χ3v) is 4.85. The second-order valence-electron chi connectivity index (χ2n) is 6.59. The average molecular weight is 375 g/mol. The van der Waals surface area contributed by atoms with E-state index in [1.54, 1.807) is 13.8 Å². The first kappa shape index (κ1) is 20.4. The predicted octanol–water partition coefficient (Wildman–Crippen LogP) is 1.90. The number of nitrogens with zero attached hydrogens (tertiary/aromatic N) is 1. The second kappa shape index (κ2) is 8.20. The molecule has 0 radical (unpaired) electrons. The number of amides is 4. The van der Waals surface area contributed by atoms with Gasteiger partial charge in [-0.3, -0.25) is 19.3 Å². The lowest BCUT2D eigenvalue weighted by molar-refractivity contribution is -0.150. The van der Waals surface area contributed by atoms with Crippen LogP contribution in [-0.2, 0) is 19.1 Å². The molecular weight excluding hydrogens is 350 g/mol. The summed E-state index contributed by atoms with van der Waals surface area (Å²) in [7, 11) is 0. The van der Waals surface area contributed by atoms with Gasteiger partial charge in [0.1, 0.15) is 12.1 Å². The van der Waals surface area contributed by atoms with Crippen molar-refractivity contribution in [3.63, 3.8) is 0 Å². The number of benzene rings is 1. The van der Waals surface area contributed by atoms with Crippen molar-refractivity contribution in [3.05, 3.63) is 29.3 Å². The molecule has 0 aromatic heterocycles. The zero-order valence-electron chi connectivity index (χ0n) is 16.0. The summed E-state index contributed by atoms with van der Waals surface area (Å²) in [4.78, 5) is 49.3. The third kappa shape index (κ3) is 4.27. The fourth-order valence-electron chi connectivity index (χ4n) is 3.06. The van der Waals surface area contributed by atoms with Gasteiger partial charge in [-0.1, -0.05) is 32.0 Å². The lowest BCUT2D eigenvalue weighted by atomic mass is 9.93. The van der Waals surface area contributed by atoms with Crippen molar-refractivity contribution in [2.75, 3.05) is 18.5 Å². The van der Waals surface area contributed by atoms with E-state index >= 15 is 0 Å². The molecule has 2 N–H and O–H groups in total. The van der Waals surface area contributed by atoms with Crippen LogP contribution in [0.5, 0.6) is 0 Å². The van der Waals surface area contributed by atoms with Crippen LogP contribution in [0.25, 0.3) is 0 Å². The molecule has 27 heavy (non-hydrogen) atoms. The van der Waals surface area contributed by atoms with E-state index in [2.05, 4.69) is 10.6 Å². The molecule has 0 saturated carbocycles. The average Bonchev–Trinajstić information content (AvgIpc) is 2.88. The highest BCUT2D eigenvalue weighted by atomic mass is 16.5. The van der Waals surface area contributed by atoms with Crippen LogP contribution < -0.4 is 10.6 Å². The van der Waals surface area contributed by atoms with E-state index < -0.39 is 42.5 Å². The van der Waals surface area contributed by atoms with Crippen molar-refractivity contribution < 1.29 is 23.9 Å². The molecular formula is C19H25N3O5. The number of para-hydroxylation sites is 1. The summed E-state index contributed by atoms with van der Waals surface area (Å²) < 4.78 is 4.92. The smallest absolute Gasteiger partial charge is 0.326 e. The van der Waals surface area contributed by atoms with Gasteiger partial charge in [0.2, 0.25) is 0 Å². The van der Waals surface area contributed by atoms with Gasteiger partial charge in [-0.05, 0) is 37.8 Å². The summed E-state index contributed by atoms with van der Waals surface area (Å²) >= 11 is 0. The molecule has 1 aromatic carbocycles. The highest BCUT2D eigenvalue weighted by Gasteiger charge is 2.49. The minimum atomic E-state index is -0.975. The normalized spacial score (nSPS) is 15.5. The Bertz CT molecular complexity index is 750. The Morgan fingerprint density at radius 2 is 1.74 bits per heavy atom. The molecule has 1 saturated heterocycles. The monoisotopic (exact) mass is 375 g/mol. The summed E-state index contributed by atoms with van der Waals surface area (Å²) in [6.45, 7) is 6.29. The van der Waals surface area contributed by atoms with Gasteiger partial charge in [-0.2, -0.15) is 0 Å². The van der Waals surface area contributed by atoms with E-state index in [-0.39, 0.29) is 0 Å². The van der Waals surface area contributed by atoms with E-state index in [4.69, 9.17) is 4.74 Å². The molecule has 8 heteroatoms. The molecule has 4 amide bonds.